The van der Waals surface area contributed by atoms with Gasteiger partial charge in [0.15, 0.2) is 0 Å². The van der Waals surface area contributed by atoms with Gasteiger partial charge in [0.1, 0.15) is 12.4 Å². The van der Waals surface area contributed by atoms with Crippen LogP contribution in [0.1, 0.15) is 11.1 Å². The molecule has 0 atom stereocenters. The van der Waals surface area contributed by atoms with Crippen molar-refractivity contribution in [1.29, 1.82) is 0 Å². The first kappa shape index (κ1) is 14.4. The molecule has 0 aliphatic carbocycles. The van der Waals surface area contributed by atoms with Gasteiger partial charge in [-0.15, -0.1) is 0 Å². The van der Waals surface area contributed by atoms with Crippen LogP contribution in [0.4, 0.5) is 5.69 Å². The Balaban J connectivity index is 2.89. The second-order valence-electron chi connectivity index (χ2n) is 3.88. The Hall–Kier alpha value is -1.67. The van der Waals surface area contributed by atoms with E-state index < -0.39 is 14.9 Å². The monoisotopic (exact) mass is 274 g/mol. The van der Waals surface area contributed by atoms with E-state index in [-0.39, 0.29) is 23.8 Å². The zero-order chi connectivity index (χ0) is 13.9. The van der Waals surface area contributed by atoms with Gasteiger partial charge in [-0.2, -0.15) is 0 Å². The van der Waals surface area contributed by atoms with Gasteiger partial charge in [-0.1, -0.05) is 0 Å². The van der Waals surface area contributed by atoms with E-state index in [1.807, 2.05) is 0 Å². The van der Waals surface area contributed by atoms with Gasteiger partial charge in [-0.3, -0.25) is 10.1 Å². The van der Waals surface area contributed by atoms with Crippen LogP contribution in [0.5, 0.6) is 5.75 Å². The smallest absolute Gasteiger partial charge is 0.276 e. The summed E-state index contributed by atoms with van der Waals surface area (Å²) < 4.78 is 26.6. The van der Waals surface area contributed by atoms with Crippen molar-refractivity contribution in [1.82, 2.24) is 0 Å². The molecule has 1 aromatic rings. The number of hydrogen-bond donors (Lipinski definition) is 1. The molecular weight excluding hydrogens is 260 g/mol. The highest BCUT2D eigenvalue weighted by atomic mass is 32.2. The van der Waals surface area contributed by atoms with Crippen molar-refractivity contribution in [2.45, 2.75) is 13.8 Å². The molecule has 0 spiro atoms. The predicted molar refractivity (Wildman–Crippen MR) is 66.0 cm³/mol. The molecule has 0 bridgehead atoms. The molecule has 2 N–H and O–H groups in total. The van der Waals surface area contributed by atoms with Gasteiger partial charge < -0.3 is 4.74 Å². The van der Waals surface area contributed by atoms with Crippen molar-refractivity contribution in [2.24, 2.45) is 5.14 Å². The first-order chi connectivity index (χ1) is 8.20. The van der Waals surface area contributed by atoms with Crippen LogP contribution in [-0.2, 0) is 10.0 Å². The molecule has 1 rings (SSSR count). The molecule has 18 heavy (non-hydrogen) atoms. The predicted octanol–water partition coefficient (Wildman–Crippen LogP) is 0.879. The van der Waals surface area contributed by atoms with Crippen LogP contribution in [0.2, 0.25) is 0 Å². The lowest BCUT2D eigenvalue weighted by Crippen LogP contribution is -2.21. The third kappa shape index (κ3) is 3.97. The van der Waals surface area contributed by atoms with Crippen LogP contribution in [0.25, 0.3) is 0 Å². The molecule has 0 heterocycles. The summed E-state index contributed by atoms with van der Waals surface area (Å²) in [6, 6.07) is 2.90. The maximum atomic E-state index is 10.8. The maximum absolute atomic E-state index is 10.8. The molecule has 0 saturated heterocycles. The fraction of sp³-hybridized carbons (Fsp3) is 0.400. The molecule has 100 valence electrons. The van der Waals surface area contributed by atoms with Gasteiger partial charge in [-0.05, 0) is 25.5 Å². The van der Waals surface area contributed by atoms with Crippen LogP contribution in [0, 0.1) is 24.0 Å². The second-order valence-corrected chi connectivity index (χ2v) is 5.61. The minimum Gasteiger partial charge on any atom is -0.492 e. The number of nitrogens with two attached hydrogens (primary N) is 1. The summed E-state index contributed by atoms with van der Waals surface area (Å²) in [5.74, 6) is -0.0513. The van der Waals surface area contributed by atoms with E-state index in [9.17, 15) is 18.5 Å². The Morgan fingerprint density at radius 2 is 1.94 bits per heavy atom. The lowest BCUT2D eigenvalue weighted by molar-refractivity contribution is -0.385. The molecule has 0 radical (unpaired) electrons. The summed E-state index contributed by atoms with van der Waals surface area (Å²) in [6.07, 6.45) is 0. The molecule has 0 amide bonds. The Morgan fingerprint density at radius 1 is 1.33 bits per heavy atom. The number of rotatable bonds is 5. The molecule has 0 aliphatic rings. The van der Waals surface area contributed by atoms with Crippen LogP contribution in [0.3, 0.4) is 0 Å². The summed E-state index contributed by atoms with van der Waals surface area (Å²) in [4.78, 5) is 10.2. The van der Waals surface area contributed by atoms with Crippen molar-refractivity contribution in [3.05, 3.63) is 33.4 Å². The highest BCUT2D eigenvalue weighted by molar-refractivity contribution is 7.89. The number of nitro groups is 1. The van der Waals surface area contributed by atoms with Crippen LogP contribution < -0.4 is 9.88 Å². The number of ether oxygens (including phenoxy) is 1. The summed E-state index contributed by atoms with van der Waals surface area (Å²) >= 11 is 0. The SMILES string of the molecule is Cc1cc(C)c([N+](=O)[O-])cc1OCCS(N)(=O)=O. The fourth-order valence-electron chi connectivity index (χ4n) is 1.44. The Bertz CT molecular complexity index is 568. The first-order valence-corrected chi connectivity index (χ1v) is 6.81. The van der Waals surface area contributed by atoms with Gasteiger partial charge in [-0.25, -0.2) is 13.6 Å². The summed E-state index contributed by atoms with van der Waals surface area (Å²) in [7, 11) is -3.60. The molecule has 0 aromatic heterocycles. The van der Waals surface area contributed by atoms with Gasteiger partial charge >= 0.3 is 0 Å². The number of aryl methyl sites for hydroxylation is 2. The summed E-state index contributed by atoms with van der Waals surface area (Å²) in [6.45, 7) is 3.21. The quantitative estimate of drug-likeness (QED) is 0.632. The summed E-state index contributed by atoms with van der Waals surface area (Å²) in [5, 5.41) is 15.6. The van der Waals surface area contributed by atoms with Crippen LogP contribution >= 0.6 is 0 Å². The molecule has 8 heteroatoms. The van der Waals surface area contributed by atoms with E-state index in [0.29, 0.717) is 11.1 Å². The molecular formula is C10H14N2O5S. The zero-order valence-corrected chi connectivity index (χ0v) is 10.9. The molecule has 0 aliphatic heterocycles. The Morgan fingerprint density at radius 3 is 2.44 bits per heavy atom. The maximum Gasteiger partial charge on any atom is 0.276 e. The molecule has 0 fully saturated rings. The molecule has 0 saturated carbocycles. The average Bonchev–Trinajstić information content (AvgIpc) is 2.18. The van der Waals surface area contributed by atoms with Gasteiger partial charge in [0, 0.05) is 5.56 Å². The van der Waals surface area contributed by atoms with Crippen molar-refractivity contribution >= 4 is 15.7 Å². The number of nitrogens with zero attached hydrogens (tertiary/aromatic N) is 1. The zero-order valence-electron chi connectivity index (χ0n) is 10.0. The molecule has 1 aromatic carbocycles. The van der Waals surface area contributed by atoms with E-state index in [0.717, 1.165) is 0 Å². The van der Waals surface area contributed by atoms with E-state index in [1.54, 1.807) is 19.9 Å². The van der Waals surface area contributed by atoms with Gasteiger partial charge in [0.25, 0.3) is 5.69 Å². The van der Waals surface area contributed by atoms with Crippen molar-refractivity contribution in [3.63, 3.8) is 0 Å². The summed E-state index contributed by atoms with van der Waals surface area (Å²) in [5.41, 5.74) is 1.16. The number of sulfonamides is 1. The number of hydrogen-bond acceptors (Lipinski definition) is 5. The Kier molecular flexibility index (Phi) is 4.25. The van der Waals surface area contributed by atoms with Crippen molar-refractivity contribution in [3.8, 4) is 5.75 Å². The van der Waals surface area contributed by atoms with Crippen molar-refractivity contribution in [2.75, 3.05) is 12.4 Å². The highest BCUT2D eigenvalue weighted by Crippen LogP contribution is 2.27. The Labute approximate surface area is 105 Å². The van der Waals surface area contributed by atoms with Crippen LogP contribution in [-0.4, -0.2) is 25.7 Å². The number of nitro benzene ring substituents is 1. The lowest BCUT2D eigenvalue weighted by atomic mass is 10.1. The third-order valence-corrected chi connectivity index (χ3v) is 3.05. The van der Waals surface area contributed by atoms with Crippen molar-refractivity contribution < 1.29 is 18.1 Å². The van der Waals surface area contributed by atoms with E-state index >= 15 is 0 Å². The standard InChI is InChI=1S/C10H14N2O5S/c1-7-5-8(2)10(6-9(7)12(13)14)17-3-4-18(11,15)16/h5-6H,3-4H2,1-2H3,(H2,11,15,16). The van der Waals surface area contributed by atoms with Gasteiger partial charge in [0.05, 0.1) is 16.7 Å². The second kappa shape index (κ2) is 5.32. The topological polar surface area (TPSA) is 113 Å². The van der Waals surface area contributed by atoms with E-state index in [2.05, 4.69) is 0 Å². The minimum absolute atomic E-state index is 0.0637. The molecule has 7 nitrogen and oxygen atoms in total. The first-order valence-electron chi connectivity index (χ1n) is 5.09. The van der Waals surface area contributed by atoms with Crippen LogP contribution in [0.15, 0.2) is 12.1 Å². The fourth-order valence-corrected chi connectivity index (χ4v) is 1.76. The molecule has 0 unspecified atom stereocenters. The lowest BCUT2D eigenvalue weighted by Gasteiger charge is -2.09. The normalized spacial score (nSPS) is 11.3. The van der Waals surface area contributed by atoms with E-state index in [4.69, 9.17) is 9.88 Å². The number of benzene rings is 1. The minimum atomic E-state index is -3.60. The van der Waals surface area contributed by atoms with E-state index in [1.165, 1.54) is 6.07 Å². The van der Waals surface area contributed by atoms with Gasteiger partial charge in [0.2, 0.25) is 10.0 Å². The highest BCUT2D eigenvalue weighted by Gasteiger charge is 2.14. The number of primary sulfonamides is 1. The largest absolute Gasteiger partial charge is 0.492 e. The average molecular weight is 274 g/mol. The third-order valence-electron chi connectivity index (χ3n) is 2.32.